The first-order valence-electron chi connectivity index (χ1n) is 10.2. The second kappa shape index (κ2) is 8.39. The Morgan fingerprint density at radius 3 is 2.60 bits per heavy atom. The molecule has 2 aliphatic heterocycles. The van der Waals surface area contributed by atoms with Gasteiger partial charge in [0.25, 0.3) is 11.8 Å². The fraction of sp³-hybridized carbons (Fsp3) is 0.455. The zero-order chi connectivity index (χ0) is 21.1. The summed E-state index contributed by atoms with van der Waals surface area (Å²) in [5.74, 6) is 0.253. The third kappa shape index (κ3) is 4.14. The van der Waals surface area contributed by atoms with E-state index < -0.39 is 6.10 Å². The smallest absolute Gasteiger partial charge is 0.255 e. The number of piperidine rings is 2. The average Bonchev–Trinajstić information content (AvgIpc) is 2.78. The van der Waals surface area contributed by atoms with Gasteiger partial charge in [-0.2, -0.15) is 0 Å². The molecule has 1 N–H and O–H groups in total. The van der Waals surface area contributed by atoms with Gasteiger partial charge in [-0.1, -0.05) is 0 Å². The van der Waals surface area contributed by atoms with Crippen LogP contribution >= 0.6 is 0 Å². The summed E-state index contributed by atoms with van der Waals surface area (Å²) in [6.45, 7) is 2.09. The zero-order valence-corrected chi connectivity index (χ0v) is 17.0. The Balaban J connectivity index is 1.43. The van der Waals surface area contributed by atoms with E-state index in [0.717, 1.165) is 12.8 Å². The van der Waals surface area contributed by atoms with Gasteiger partial charge in [0.2, 0.25) is 5.88 Å². The predicted molar refractivity (Wildman–Crippen MR) is 109 cm³/mol. The summed E-state index contributed by atoms with van der Waals surface area (Å²) in [5, 5.41) is 10.5. The molecule has 1 atom stereocenters. The maximum absolute atomic E-state index is 12.9. The van der Waals surface area contributed by atoms with Crippen LogP contribution in [0.2, 0.25) is 0 Å². The Morgan fingerprint density at radius 2 is 1.90 bits per heavy atom. The standard InChI is InChI=1S/C22H26N4O4/c1-30-19-11-16(4-8-24-19)20(28)25-9-5-22(6-10-25)12-18(27)14-26(15-22)21(29)17-3-2-7-23-13-17/h2-4,7-8,11,13,18,27H,5-6,9-10,12,14-15H2,1H3. The molecule has 0 bridgehead atoms. The summed E-state index contributed by atoms with van der Waals surface area (Å²) in [4.78, 5) is 37.4. The molecule has 0 aliphatic carbocycles. The number of hydrogen-bond donors (Lipinski definition) is 1. The van der Waals surface area contributed by atoms with Gasteiger partial charge in [0, 0.05) is 56.4 Å². The molecule has 2 fully saturated rings. The number of nitrogens with zero attached hydrogens (tertiary/aromatic N) is 4. The minimum atomic E-state index is -0.564. The first-order valence-corrected chi connectivity index (χ1v) is 10.2. The molecule has 2 aromatic heterocycles. The number of hydrogen-bond acceptors (Lipinski definition) is 6. The Labute approximate surface area is 175 Å². The summed E-state index contributed by atoms with van der Waals surface area (Å²) >= 11 is 0. The van der Waals surface area contributed by atoms with E-state index >= 15 is 0 Å². The molecule has 1 spiro atoms. The molecule has 8 heteroatoms. The fourth-order valence-electron chi connectivity index (χ4n) is 4.56. The third-order valence-electron chi connectivity index (χ3n) is 6.12. The van der Waals surface area contributed by atoms with E-state index in [0.29, 0.717) is 49.6 Å². The number of carbonyl (C=O) groups excluding carboxylic acids is 2. The number of likely N-dealkylation sites (tertiary alicyclic amines) is 2. The van der Waals surface area contributed by atoms with E-state index in [1.807, 2.05) is 4.90 Å². The number of β-amino-alcohol motifs (C(OH)–C–C–N with tert-alkyl or cyclic N) is 1. The van der Waals surface area contributed by atoms with Crippen molar-refractivity contribution in [3.63, 3.8) is 0 Å². The van der Waals surface area contributed by atoms with Gasteiger partial charge < -0.3 is 19.6 Å². The number of aliphatic hydroxyl groups excluding tert-OH is 1. The molecule has 1 unspecified atom stereocenters. The topological polar surface area (TPSA) is 95.9 Å². The lowest BCUT2D eigenvalue weighted by atomic mass is 9.71. The van der Waals surface area contributed by atoms with Crippen molar-refractivity contribution in [2.24, 2.45) is 5.41 Å². The second-order valence-corrected chi connectivity index (χ2v) is 8.16. The van der Waals surface area contributed by atoms with Gasteiger partial charge in [-0.3, -0.25) is 14.6 Å². The van der Waals surface area contributed by atoms with E-state index in [2.05, 4.69) is 9.97 Å². The van der Waals surface area contributed by atoms with Crippen LogP contribution in [0.15, 0.2) is 42.9 Å². The molecule has 8 nitrogen and oxygen atoms in total. The fourth-order valence-corrected chi connectivity index (χ4v) is 4.56. The van der Waals surface area contributed by atoms with Crippen LogP contribution in [0.4, 0.5) is 0 Å². The molecule has 4 rings (SSSR count). The first kappa shape index (κ1) is 20.3. The van der Waals surface area contributed by atoms with Crippen molar-refractivity contribution < 1.29 is 19.4 Å². The number of rotatable bonds is 3. The van der Waals surface area contributed by atoms with Gasteiger partial charge in [0.05, 0.1) is 18.8 Å². The minimum Gasteiger partial charge on any atom is -0.481 e. The molecule has 2 saturated heterocycles. The molecule has 30 heavy (non-hydrogen) atoms. The van der Waals surface area contributed by atoms with E-state index in [9.17, 15) is 14.7 Å². The lowest BCUT2D eigenvalue weighted by molar-refractivity contribution is -0.0299. The molecule has 2 aliphatic rings. The van der Waals surface area contributed by atoms with Crippen LogP contribution in [0, 0.1) is 5.41 Å². The zero-order valence-electron chi connectivity index (χ0n) is 17.0. The highest BCUT2D eigenvalue weighted by atomic mass is 16.5. The summed E-state index contributed by atoms with van der Waals surface area (Å²) in [5.41, 5.74) is 0.901. The van der Waals surface area contributed by atoms with Crippen LogP contribution < -0.4 is 4.74 Å². The maximum Gasteiger partial charge on any atom is 0.255 e. The maximum atomic E-state index is 12.9. The number of aliphatic hydroxyl groups is 1. The Morgan fingerprint density at radius 1 is 1.13 bits per heavy atom. The minimum absolute atomic E-state index is 0.0507. The summed E-state index contributed by atoms with van der Waals surface area (Å²) < 4.78 is 5.11. The van der Waals surface area contributed by atoms with E-state index in [4.69, 9.17) is 4.74 Å². The molecule has 4 heterocycles. The SMILES string of the molecule is COc1cc(C(=O)N2CCC3(CC2)CC(O)CN(C(=O)c2cccnc2)C3)ccn1. The lowest BCUT2D eigenvalue weighted by Crippen LogP contribution is -2.55. The van der Waals surface area contributed by atoms with Crippen LogP contribution in [-0.4, -0.2) is 76.1 Å². The normalized spacial score (nSPS) is 20.8. The molecule has 0 radical (unpaired) electrons. The van der Waals surface area contributed by atoms with E-state index in [1.165, 1.54) is 7.11 Å². The lowest BCUT2D eigenvalue weighted by Gasteiger charge is -2.49. The van der Waals surface area contributed by atoms with Crippen molar-refractivity contribution in [3.8, 4) is 5.88 Å². The molecule has 2 aromatic rings. The molecular weight excluding hydrogens is 384 g/mol. The highest BCUT2D eigenvalue weighted by Gasteiger charge is 2.43. The van der Waals surface area contributed by atoms with E-state index in [-0.39, 0.29) is 17.2 Å². The van der Waals surface area contributed by atoms with Crippen molar-refractivity contribution in [1.82, 2.24) is 19.8 Å². The largest absolute Gasteiger partial charge is 0.481 e. The van der Waals surface area contributed by atoms with Crippen molar-refractivity contribution in [1.29, 1.82) is 0 Å². The Hall–Kier alpha value is -3.00. The molecule has 2 amide bonds. The summed E-state index contributed by atoms with van der Waals surface area (Å²) in [7, 11) is 1.52. The average molecular weight is 410 g/mol. The van der Waals surface area contributed by atoms with E-state index in [1.54, 1.807) is 47.8 Å². The number of ether oxygens (including phenoxy) is 1. The molecule has 0 aromatic carbocycles. The van der Waals surface area contributed by atoms with Crippen LogP contribution in [0.25, 0.3) is 0 Å². The van der Waals surface area contributed by atoms with Gasteiger partial charge in [0.1, 0.15) is 0 Å². The predicted octanol–water partition coefficient (Wildman–Crippen LogP) is 1.61. The van der Waals surface area contributed by atoms with Crippen molar-refractivity contribution in [2.75, 3.05) is 33.3 Å². The highest BCUT2D eigenvalue weighted by molar-refractivity contribution is 5.95. The number of aromatic nitrogens is 2. The van der Waals surface area contributed by atoms with Gasteiger partial charge in [0.15, 0.2) is 0 Å². The van der Waals surface area contributed by atoms with Gasteiger partial charge in [-0.25, -0.2) is 4.98 Å². The number of amides is 2. The summed E-state index contributed by atoms with van der Waals surface area (Å²) in [6.07, 6.45) is 6.33. The Bertz CT molecular complexity index is 912. The third-order valence-corrected chi connectivity index (χ3v) is 6.12. The van der Waals surface area contributed by atoms with Crippen LogP contribution in [0.1, 0.15) is 40.0 Å². The summed E-state index contributed by atoms with van der Waals surface area (Å²) in [6, 6.07) is 6.81. The quantitative estimate of drug-likeness (QED) is 0.826. The van der Waals surface area contributed by atoms with Gasteiger partial charge >= 0.3 is 0 Å². The van der Waals surface area contributed by atoms with Gasteiger partial charge in [-0.05, 0) is 42.9 Å². The number of methoxy groups -OCH3 is 1. The highest BCUT2D eigenvalue weighted by Crippen LogP contribution is 2.40. The second-order valence-electron chi connectivity index (χ2n) is 8.16. The van der Waals surface area contributed by atoms with Crippen LogP contribution in [0.3, 0.4) is 0 Å². The monoisotopic (exact) mass is 410 g/mol. The van der Waals surface area contributed by atoms with Crippen molar-refractivity contribution in [3.05, 3.63) is 54.0 Å². The number of carbonyl (C=O) groups is 2. The number of pyridine rings is 2. The Kier molecular flexibility index (Phi) is 5.67. The van der Waals surface area contributed by atoms with Gasteiger partial charge in [-0.15, -0.1) is 0 Å². The molecule has 0 saturated carbocycles. The van der Waals surface area contributed by atoms with Crippen LogP contribution in [0.5, 0.6) is 5.88 Å². The molecule has 158 valence electrons. The van der Waals surface area contributed by atoms with Crippen LogP contribution in [-0.2, 0) is 0 Å². The van der Waals surface area contributed by atoms with Crippen molar-refractivity contribution >= 4 is 11.8 Å². The molecular formula is C22H26N4O4. The first-order chi connectivity index (χ1) is 14.5. The van der Waals surface area contributed by atoms with Crippen molar-refractivity contribution in [2.45, 2.75) is 25.4 Å².